The van der Waals surface area contributed by atoms with Gasteiger partial charge in [0.15, 0.2) is 0 Å². The minimum atomic E-state index is -4.77. The molecule has 0 saturated carbocycles. The molecular weight excluding hydrogens is 345 g/mol. The molecule has 9 heteroatoms. The van der Waals surface area contributed by atoms with Crippen LogP contribution in [-0.2, 0) is 4.79 Å². The quantitative estimate of drug-likeness (QED) is 0.861. The van der Waals surface area contributed by atoms with Crippen molar-refractivity contribution in [2.75, 3.05) is 5.32 Å². The molecule has 1 aromatic carbocycles. The number of carbonyl (C=O) groups is 2. The average Bonchev–Trinajstić information content (AvgIpc) is 3.02. The molecule has 0 bridgehead atoms. The standard InChI is InChI=1S/C15H13F3N2O3S/c1-9(19-14(22)12-3-2-8-24-12)13(21)20-10-4-6-11(7-5-10)23-15(16,17)18/h2-9H,1H3,(H,19,22)(H,20,21)/t9-/m0/s1. The lowest BCUT2D eigenvalue weighted by Crippen LogP contribution is -2.41. The van der Waals surface area contributed by atoms with E-state index in [0.717, 1.165) is 12.1 Å². The third-order valence-corrected chi connectivity index (χ3v) is 3.71. The van der Waals surface area contributed by atoms with Crippen molar-refractivity contribution in [1.29, 1.82) is 0 Å². The summed E-state index contributed by atoms with van der Waals surface area (Å²) in [5.41, 5.74) is 0.284. The summed E-state index contributed by atoms with van der Waals surface area (Å²) < 4.78 is 39.9. The monoisotopic (exact) mass is 358 g/mol. The number of thiophene rings is 1. The number of alkyl halides is 3. The van der Waals surface area contributed by atoms with E-state index >= 15 is 0 Å². The lowest BCUT2D eigenvalue weighted by molar-refractivity contribution is -0.274. The second kappa shape index (κ2) is 7.35. The van der Waals surface area contributed by atoms with Crippen LogP contribution in [0.25, 0.3) is 0 Å². The maximum absolute atomic E-state index is 12.1. The Balaban J connectivity index is 1.90. The van der Waals surface area contributed by atoms with Crippen molar-refractivity contribution >= 4 is 28.8 Å². The van der Waals surface area contributed by atoms with Gasteiger partial charge in [0, 0.05) is 5.69 Å². The molecular formula is C15H13F3N2O3S. The van der Waals surface area contributed by atoms with Crippen LogP contribution in [0.1, 0.15) is 16.6 Å². The summed E-state index contributed by atoms with van der Waals surface area (Å²) in [6.45, 7) is 1.50. The number of amides is 2. The highest BCUT2D eigenvalue weighted by atomic mass is 32.1. The minimum Gasteiger partial charge on any atom is -0.406 e. The third-order valence-electron chi connectivity index (χ3n) is 2.84. The van der Waals surface area contributed by atoms with Crippen molar-refractivity contribution in [3.8, 4) is 5.75 Å². The Kier molecular flexibility index (Phi) is 5.45. The Morgan fingerprint density at radius 2 is 1.83 bits per heavy atom. The Morgan fingerprint density at radius 3 is 2.38 bits per heavy atom. The van der Waals surface area contributed by atoms with Gasteiger partial charge in [-0.25, -0.2) is 0 Å². The molecule has 2 N–H and O–H groups in total. The van der Waals surface area contributed by atoms with Crippen LogP contribution < -0.4 is 15.4 Å². The Hall–Kier alpha value is -2.55. The van der Waals surface area contributed by atoms with Crippen LogP contribution in [-0.4, -0.2) is 24.2 Å². The van der Waals surface area contributed by atoms with Crippen LogP contribution in [0, 0.1) is 0 Å². The normalized spacial score (nSPS) is 12.3. The molecule has 1 atom stereocenters. The molecule has 128 valence electrons. The van der Waals surface area contributed by atoms with E-state index in [1.54, 1.807) is 17.5 Å². The summed E-state index contributed by atoms with van der Waals surface area (Å²) in [4.78, 5) is 24.3. The smallest absolute Gasteiger partial charge is 0.406 e. The fourth-order valence-corrected chi connectivity index (χ4v) is 2.36. The number of anilines is 1. The highest BCUT2D eigenvalue weighted by Gasteiger charge is 2.31. The van der Waals surface area contributed by atoms with E-state index in [1.807, 2.05) is 0 Å². The van der Waals surface area contributed by atoms with E-state index in [0.29, 0.717) is 4.88 Å². The van der Waals surface area contributed by atoms with Crippen molar-refractivity contribution in [2.24, 2.45) is 0 Å². The molecule has 2 aromatic rings. The maximum Gasteiger partial charge on any atom is 0.573 e. The van der Waals surface area contributed by atoms with Crippen LogP contribution in [0.5, 0.6) is 5.75 Å². The predicted molar refractivity (Wildman–Crippen MR) is 83.0 cm³/mol. The van der Waals surface area contributed by atoms with Crippen LogP contribution >= 0.6 is 11.3 Å². The Bertz CT molecular complexity index is 700. The largest absolute Gasteiger partial charge is 0.573 e. The average molecular weight is 358 g/mol. The summed E-state index contributed by atoms with van der Waals surface area (Å²) in [6.07, 6.45) is -4.77. The first-order valence-electron chi connectivity index (χ1n) is 6.75. The molecule has 0 spiro atoms. The molecule has 0 aliphatic rings. The molecule has 0 unspecified atom stereocenters. The molecule has 2 rings (SSSR count). The number of halogens is 3. The highest BCUT2D eigenvalue weighted by molar-refractivity contribution is 7.12. The first kappa shape index (κ1) is 17.8. The molecule has 1 heterocycles. The topological polar surface area (TPSA) is 67.4 Å². The SMILES string of the molecule is C[C@H](NC(=O)c1cccs1)C(=O)Nc1ccc(OC(F)(F)F)cc1. The van der Waals surface area contributed by atoms with Crippen molar-refractivity contribution in [2.45, 2.75) is 19.3 Å². The minimum absolute atomic E-state index is 0.284. The van der Waals surface area contributed by atoms with Gasteiger partial charge >= 0.3 is 6.36 Å². The van der Waals surface area contributed by atoms with Crippen LogP contribution in [0.3, 0.4) is 0 Å². The van der Waals surface area contributed by atoms with Crippen molar-refractivity contribution in [3.63, 3.8) is 0 Å². The van der Waals surface area contributed by atoms with E-state index in [2.05, 4.69) is 15.4 Å². The Labute approximate surface area is 139 Å². The first-order chi connectivity index (χ1) is 11.2. The van der Waals surface area contributed by atoms with Crippen LogP contribution in [0.15, 0.2) is 41.8 Å². The number of ether oxygens (including phenoxy) is 1. The van der Waals surface area contributed by atoms with E-state index in [1.165, 1.54) is 30.4 Å². The highest BCUT2D eigenvalue weighted by Crippen LogP contribution is 2.24. The maximum atomic E-state index is 12.1. The summed E-state index contributed by atoms with van der Waals surface area (Å²) in [7, 11) is 0. The van der Waals surface area contributed by atoms with Crippen molar-refractivity contribution in [1.82, 2.24) is 5.32 Å². The van der Waals surface area contributed by atoms with Gasteiger partial charge in [0.05, 0.1) is 4.88 Å². The summed E-state index contributed by atoms with van der Waals surface area (Å²) in [5, 5.41) is 6.77. The second-order valence-corrected chi connectivity index (χ2v) is 5.68. The van der Waals surface area contributed by atoms with Gasteiger partial charge in [0.1, 0.15) is 11.8 Å². The zero-order chi connectivity index (χ0) is 17.7. The summed E-state index contributed by atoms with van der Waals surface area (Å²) in [6, 6.07) is 7.24. The number of benzene rings is 1. The van der Waals surface area contributed by atoms with Gasteiger partial charge in [0.2, 0.25) is 5.91 Å². The van der Waals surface area contributed by atoms with Gasteiger partial charge < -0.3 is 15.4 Å². The molecule has 0 radical (unpaired) electrons. The molecule has 0 aliphatic heterocycles. The lowest BCUT2D eigenvalue weighted by Gasteiger charge is -2.14. The van der Waals surface area contributed by atoms with Gasteiger partial charge in [0.25, 0.3) is 5.91 Å². The van der Waals surface area contributed by atoms with E-state index in [9.17, 15) is 22.8 Å². The fraction of sp³-hybridized carbons (Fsp3) is 0.200. The zero-order valence-corrected chi connectivity index (χ0v) is 13.2. The number of hydrogen-bond donors (Lipinski definition) is 2. The molecule has 0 saturated heterocycles. The van der Waals surface area contributed by atoms with Crippen LogP contribution in [0.4, 0.5) is 18.9 Å². The summed E-state index contributed by atoms with van der Waals surface area (Å²) in [5.74, 6) is -1.26. The van der Waals surface area contributed by atoms with Crippen LogP contribution in [0.2, 0.25) is 0 Å². The summed E-state index contributed by atoms with van der Waals surface area (Å²) >= 11 is 1.25. The molecule has 2 amide bonds. The predicted octanol–water partition coefficient (Wildman–Crippen LogP) is 3.40. The molecule has 0 aliphatic carbocycles. The number of carbonyl (C=O) groups excluding carboxylic acids is 2. The van der Waals surface area contributed by atoms with Gasteiger partial charge in [-0.05, 0) is 42.6 Å². The number of hydrogen-bond acceptors (Lipinski definition) is 4. The second-order valence-electron chi connectivity index (χ2n) is 4.73. The third kappa shape index (κ3) is 5.27. The molecule has 1 aromatic heterocycles. The lowest BCUT2D eigenvalue weighted by atomic mass is 10.2. The fourth-order valence-electron chi connectivity index (χ4n) is 1.73. The zero-order valence-electron chi connectivity index (χ0n) is 12.4. The molecule has 0 fully saturated rings. The Morgan fingerprint density at radius 1 is 1.17 bits per heavy atom. The van der Waals surface area contributed by atoms with Gasteiger partial charge in [-0.2, -0.15) is 0 Å². The first-order valence-corrected chi connectivity index (χ1v) is 7.63. The molecule has 24 heavy (non-hydrogen) atoms. The van der Waals surface area contributed by atoms with Gasteiger partial charge in [-0.1, -0.05) is 6.07 Å². The van der Waals surface area contributed by atoms with Crippen molar-refractivity contribution < 1.29 is 27.5 Å². The van der Waals surface area contributed by atoms with Crippen molar-refractivity contribution in [3.05, 3.63) is 46.7 Å². The van der Waals surface area contributed by atoms with E-state index < -0.39 is 18.3 Å². The molecule has 5 nitrogen and oxygen atoms in total. The number of nitrogens with one attached hydrogen (secondary N) is 2. The number of rotatable bonds is 5. The van der Waals surface area contributed by atoms with E-state index in [4.69, 9.17) is 0 Å². The van der Waals surface area contributed by atoms with Gasteiger partial charge in [-0.3, -0.25) is 9.59 Å². The van der Waals surface area contributed by atoms with E-state index in [-0.39, 0.29) is 17.3 Å². The van der Waals surface area contributed by atoms with Gasteiger partial charge in [-0.15, -0.1) is 24.5 Å².